The summed E-state index contributed by atoms with van der Waals surface area (Å²) >= 11 is 3.38. The average molecular weight is 372 g/mol. The molecule has 0 fully saturated rings. The van der Waals surface area contributed by atoms with Crippen LogP contribution >= 0.6 is 15.9 Å². The summed E-state index contributed by atoms with van der Waals surface area (Å²) in [6, 6.07) is 11.0. The third kappa shape index (κ3) is 3.38. The van der Waals surface area contributed by atoms with Crippen LogP contribution in [0.4, 0.5) is 18.9 Å². The van der Waals surface area contributed by atoms with Gasteiger partial charge in [0.1, 0.15) is 12.4 Å². The number of ether oxygens (including phenoxy) is 1. The third-order valence-corrected chi connectivity index (χ3v) is 4.00. The number of hydrogen-bond acceptors (Lipinski definition) is 2. The fraction of sp³-hybridized carbons (Fsp3) is 0.250. The zero-order valence-corrected chi connectivity index (χ0v) is 13.0. The molecule has 0 aromatic heterocycles. The highest BCUT2D eigenvalue weighted by Crippen LogP contribution is 2.33. The number of hydrogen-bond donors (Lipinski definition) is 1. The number of alkyl halides is 3. The normalized spacial score (nSPS) is 17.4. The van der Waals surface area contributed by atoms with Crippen LogP contribution in [0.2, 0.25) is 0 Å². The van der Waals surface area contributed by atoms with E-state index in [4.69, 9.17) is 4.74 Å². The fourth-order valence-corrected chi connectivity index (χ4v) is 2.75. The lowest BCUT2D eigenvalue weighted by atomic mass is 10.0. The molecule has 2 nitrogen and oxygen atoms in total. The van der Waals surface area contributed by atoms with Gasteiger partial charge in [-0.25, -0.2) is 0 Å². The molecule has 2 aromatic rings. The molecule has 116 valence electrons. The maximum Gasteiger partial charge on any atom is 0.416 e. The summed E-state index contributed by atoms with van der Waals surface area (Å²) in [5, 5.41) is 3.35. The van der Waals surface area contributed by atoms with Gasteiger partial charge in [0.2, 0.25) is 0 Å². The predicted octanol–water partition coefficient (Wildman–Crippen LogP) is 4.88. The van der Waals surface area contributed by atoms with Gasteiger partial charge in [-0.3, -0.25) is 0 Å². The Hall–Kier alpha value is -1.69. The van der Waals surface area contributed by atoms with Gasteiger partial charge >= 0.3 is 6.18 Å². The first-order chi connectivity index (χ1) is 10.4. The highest BCUT2D eigenvalue weighted by Gasteiger charge is 2.30. The van der Waals surface area contributed by atoms with Crippen molar-refractivity contribution in [1.29, 1.82) is 0 Å². The van der Waals surface area contributed by atoms with Crippen molar-refractivity contribution in [1.82, 2.24) is 0 Å². The molecule has 1 N–H and O–H groups in total. The molecule has 0 saturated heterocycles. The van der Waals surface area contributed by atoms with E-state index in [9.17, 15) is 13.2 Å². The van der Waals surface area contributed by atoms with Crippen LogP contribution in [0.15, 0.2) is 46.9 Å². The van der Waals surface area contributed by atoms with E-state index in [1.165, 1.54) is 12.1 Å². The second kappa shape index (κ2) is 5.83. The van der Waals surface area contributed by atoms with E-state index in [-0.39, 0.29) is 6.04 Å². The SMILES string of the molecule is FC(F)(F)c1ccc(C[C@H]2COc3cc(Br)ccc3N2)cc1. The number of fused-ring (bicyclic) bond motifs is 1. The van der Waals surface area contributed by atoms with Crippen LogP contribution in [-0.2, 0) is 12.6 Å². The standard InChI is InChI=1S/C16H13BrF3NO/c17-12-5-6-14-15(8-12)22-9-13(21-14)7-10-1-3-11(4-2-10)16(18,19)20/h1-6,8,13,21H,7,9H2/t13-/m0/s1. The Morgan fingerprint density at radius 2 is 1.86 bits per heavy atom. The zero-order chi connectivity index (χ0) is 15.7. The van der Waals surface area contributed by atoms with Crippen molar-refractivity contribution >= 4 is 21.6 Å². The summed E-state index contributed by atoms with van der Waals surface area (Å²) < 4.78 is 44.3. The summed E-state index contributed by atoms with van der Waals surface area (Å²) in [6.45, 7) is 0.477. The highest BCUT2D eigenvalue weighted by molar-refractivity contribution is 9.10. The van der Waals surface area contributed by atoms with Gasteiger partial charge in [-0.1, -0.05) is 28.1 Å². The smallest absolute Gasteiger partial charge is 0.416 e. The van der Waals surface area contributed by atoms with Crippen molar-refractivity contribution in [2.75, 3.05) is 11.9 Å². The molecule has 6 heteroatoms. The number of rotatable bonds is 2. The first-order valence-corrected chi connectivity index (χ1v) is 7.56. The van der Waals surface area contributed by atoms with E-state index in [0.29, 0.717) is 13.0 Å². The number of nitrogens with one attached hydrogen (secondary N) is 1. The van der Waals surface area contributed by atoms with Crippen LogP contribution < -0.4 is 10.1 Å². The summed E-state index contributed by atoms with van der Waals surface area (Å²) in [6.07, 6.45) is -3.69. The lowest BCUT2D eigenvalue weighted by Crippen LogP contribution is -2.33. The second-order valence-corrected chi connectivity index (χ2v) is 6.11. The Morgan fingerprint density at radius 1 is 1.14 bits per heavy atom. The minimum absolute atomic E-state index is 0.0328. The molecule has 0 radical (unpaired) electrons. The summed E-state index contributed by atoms with van der Waals surface area (Å²) in [4.78, 5) is 0. The van der Waals surface area contributed by atoms with Crippen molar-refractivity contribution < 1.29 is 17.9 Å². The van der Waals surface area contributed by atoms with E-state index >= 15 is 0 Å². The quantitative estimate of drug-likeness (QED) is 0.811. The molecule has 3 rings (SSSR count). The summed E-state index contributed by atoms with van der Waals surface area (Å²) in [5.74, 6) is 0.776. The van der Waals surface area contributed by atoms with Gasteiger partial charge < -0.3 is 10.1 Å². The zero-order valence-electron chi connectivity index (χ0n) is 11.5. The molecular weight excluding hydrogens is 359 g/mol. The largest absolute Gasteiger partial charge is 0.489 e. The average Bonchev–Trinajstić information content (AvgIpc) is 2.47. The molecule has 0 aliphatic carbocycles. The van der Waals surface area contributed by atoms with Crippen molar-refractivity contribution in [2.24, 2.45) is 0 Å². The molecule has 2 aromatic carbocycles. The number of anilines is 1. The lowest BCUT2D eigenvalue weighted by Gasteiger charge is -2.27. The minimum atomic E-state index is -4.29. The first kappa shape index (κ1) is 15.2. The molecule has 0 amide bonds. The van der Waals surface area contributed by atoms with E-state index < -0.39 is 11.7 Å². The number of halogens is 4. The molecule has 1 aliphatic rings. The molecule has 1 heterocycles. The fourth-order valence-electron chi connectivity index (χ4n) is 2.41. The molecule has 0 unspecified atom stereocenters. The Bertz CT molecular complexity index is 670. The number of benzene rings is 2. The predicted molar refractivity (Wildman–Crippen MR) is 82.2 cm³/mol. The van der Waals surface area contributed by atoms with Crippen molar-refractivity contribution in [2.45, 2.75) is 18.6 Å². The van der Waals surface area contributed by atoms with Crippen LogP contribution in [0.1, 0.15) is 11.1 Å². The van der Waals surface area contributed by atoms with E-state index in [0.717, 1.165) is 33.6 Å². The highest BCUT2D eigenvalue weighted by atomic mass is 79.9. The van der Waals surface area contributed by atoms with Crippen LogP contribution in [0.3, 0.4) is 0 Å². The molecule has 0 saturated carbocycles. The first-order valence-electron chi connectivity index (χ1n) is 6.77. The van der Waals surface area contributed by atoms with Gasteiger partial charge in [-0.15, -0.1) is 0 Å². The van der Waals surface area contributed by atoms with E-state index in [1.54, 1.807) is 0 Å². The van der Waals surface area contributed by atoms with Crippen molar-refractivity contribution in [3.63, 3.8) is 0 Å². The summed E-state index contributed by atoms with van der Waals surface area (Å²) in [5.41, 5.74) is 1.11. The van der Waals surface area contributed by atoms with Crippen LogP contribution in [0, 0.1) is 0 Å². The van der Waals surface area contributed by atoms with E-state index in [1.807, 2.05) is 18.2 Å². The van der Waals surface area contributed by atoms with Crippen LogP contribution in [0.25, 0.3) is 0 Å². The van der Waals surface area contributed by atoms with Crippen molar-refractivity contribution in [3.8, 4) is 5.75 Å². The monoisotopic (exact) mass is 371 g/mol. The van der Waals surface area contributed by atoms with Gasteiger partial charge in [-0.05, 0) is 42.3 Å². The van der Waals surface area contributed by atoms with Crippen LogP contribution in [0.5, 0.6) is 5.75 Å². The molecule has 22 heavy (non-hydrogen) atoms. The Labute approximate surface area is 134 Å². The Balaban J connectivity index is 1.68. The molecular formula is C16H13BrF3NO. The lowest BCUT2D eigenvalue weighted by molar-refractivity contribution is -0.137. The molecule has 0 spiro atoms. The molecule has 1 aliphatic heterocycles. The maximum atomic E-state index is 12.5. The van der Waals surface area contributed by atoms with Crippen LogP contribution in [-0.4, -0.2) is 12.6 Å². The van der Waals surface area contributed by atoms with Gasteiger partial charge in [0.25, 0.3) is 0 Å². The molecule has 0 bridgehead atoms. The Kier molecular flexibility index (Phi) is 4.04. The topological polar surface area (TPSA) is 21.3 Å². The van der Waals surface area contributed by atoms with Gasteiger partial charge in [-0.2, -0.15) is 13.2 Å². The third-order valence-electron chi connectivity index (χ3n) is 3.51. The maximum absolute atomic E-state index is 12.5. The van der Waals surface area contributed by atoms with Gasteiger partial charge in [0.05, 0.1) is 17.3 Å². The van der Waals surface area contributed by atoms with Crippen molar-refractivity contribution in [3.05, 3.63) is 58.1 Å². The minimum Gasteiger partial charge on any atom is -0.489 e. The molecule has 1 atom stereocenters. The Morgan fingerprint density at radius 3 is 2.55 bits per heavy atom. The summed E-state index contributed by atoms with van der Waals surface area (Å²) in [7, 11) is 0. The second-order valence-electron chi connectivity index (χ2n) is 5.19. The van der Waals surface area contributed by atoms with E-state index in [2.05, 4.69) is 21.2 Å². The van der Waals surface area contributed by atoms with Gasteiger partial charge in [0, 0.05) is 4.47 Å². The van der Waals surface area contributed by atoms with Gasteiger partial charge in [0.15, 0.2) is 0 Å².